The largest absolute Gasteiger partial charge is 0.487 e. The molecule has 0 spiro atoms. The van der Waals surface area contributed by atoms with Crippen LogP contribution in [0, 0.1) is 12.7 Å². The Bertz CT molecular complexity index is 834. The first kappa shape index (κ1) is 14.6. The summed E-state index contributed by atoms with van der Waals surface area (Å²) in [6.45, 7) is 1.91. The summed E-state index contributed by atoms with van der Waals surface area (Å²) in [5, 5.41) is 10.9. The van der Waals surface area contributed by atoms with E-state index < -0.39 is 5.82 Å². The van der Waals surface area contributed by atoms with Crippen molar-refractivity contribution < 1.29 is 9.13 Å². The van der Waals surface area contributed by atoms with Crippen molar-refractivity contribution in [2.45, 2.75) is 13.5 Å². The van der Waals surface area contributed by atoms with Crippen LogP contribution < -0.4 is 10.1 Å². The van der Waals surface area contributed by atoms with Crippen molar-refractivity contribution in [3.8, 4) is 5.75 Å². The van der Waals surface area contributed by atoms with Crippen LogP contribution in [0.3, 0.4) is 0 Å². The van der Waals surface area contributed by atoms with E-state index in [4.69, 9.17) is 16.3 Å². The summed E-state index contributed by atoms with van der Waals surface area (Å²) in [5.74, 6) is 0.117. The number of aromatic amines is 1. The first-order valence-corrected chi connectivity index (χ1v) is 7.06. The van der Waals surface area contributed by atoms with E-state index >= 15 is 0 Å². The number of anilines is 1. The van der Waals surface area contributed by atoms with Gasteiger partial charge in [0.05, 0.1) is 16.9 Å². The van der Waals surface area contributed by atoms with Gasteiger partial charge in [0.1, 0.15) is 12.4 Å². The van der Waals surface area contributed by atoms with Crippen molar-refractivity contribution in [2.75, 3.05) is 12.4 Å². The topological polar surface area (TPSA) is 62.8 Å². The van der Waals surface area contributed by atoms with E-state index in [2.05, 4.69) is 20.5 Å². The van der Waals surface area contributed by atoms with Crippen LogP contribution >= 0.6 is 11.6 Å². The number of aromatic nitrogens is 3. The highest BCUT2D eigenvalue weighted by molar-refractivity contribution is 6.31. The Morgan fingerprint density at radius 3 is 3.00 bits per heavy atom. The number of fused-ring (bicyclic) bond motifs is 1. The van der Waals surface area contributed by atoms with Crippen molar-refractivity contribution in [3.05, 3.63) is 46.5 Å². The number of ether oxygens (including phenoxy) is 1. The molecule has 0 aliphatic carbocycles. The smallest absolute Gasteiger partial charge is 0.181 e. The first-order valence-electron chi connectivity index (χ1n) is 6.68. The lowest BCUT2D eigenvalue weighted by atomic mass is 10.2. The van der Waals surface area contributed by atoms with Gasteiger partial charge in [-0.3, -0.25) is 5.10 Å². The molecule has 3 rings (SSSR count). The summed E-state index contributed by atoms with van der Waals surface area (Å²) >= 11 is 6.05. The Labute approximate surface area is 131 Å². The number of pyridine rings is 1. The van der Waals surface area contributed by atoms with Gasteiger partial charge in [-0.15, -0.1) is 0 Å². The summed E-state index contributed by atoms with van der Waals surface area (Å²) in [6.07, 6.45) is 1.55. The van der Waals surface area contributed by atoms with E-state index in [1.807, 2.05) is 13.0 Å². The lowest BCUT2D eigenvalue weighted by molar-refractivity contribution is 0.299. The Balaban J connectivity index is 1.86. The van der Waals surface area contributed by atoms with Crippen molar-refractivity contribution in [2.24, 2.45) is 0 Å². The maximum absolute atomic E-state index is 14.2. The second kappa shape index (κ2) is 5.81. The number of nitrogens with zero attached hydrogens (tertiary/aromatic N) is 2. The molecule has 0 amide bonds. The predicted molar refractivity (Wildman–Crippen MR) is 83.9 cm³/mol. The molecule has 7 heteroatoms. The van der Waals surface area contributed by atoms with E-state index in [9.17, 15) is 4.39 Å². The second-order valence-electron chi connectivity index (χ2n) is 4.82. The van der Waals surface area contributed by atoms with Crippen LogP contribution in [0.5, 0.6) is 5.75 Å². The molecule has 5 nitrogen and oxygen atoms in total. The quantitative estimate of drug-likeness (QED) is 0.769. The van der Waals surface area contributed by atoms with Crippen LogP contribution in [0.1, 0.15) is 11.3 Å². The van der Waals surface area contributed by atoms with Gasteiger partial charge < -0.3 is 10.1 Å². The molecule has 0 fully saturated rings. The Kier molecular flexibility index (Phi) is 3.85. The molecule has 114 valence electrons. The maximum atomic E-state index is 14.2. The number of hydrogen-bond acceptors (Lipinski definition) is 4. The van der Waals surface area contributed by atoms with Gasteiger partial charge in [-0.1, -0.05) is 11.6 Å². The number of rotatable bonds is 4. The van der Waals surface area contributed by atoms with Gasteiger partial charge in [0.25, 0.3) is 0 Å². The number of benzene rings is 1. The number of halogens is 2. The Morgan fingerprint density at radius 2 is 2.23 bits per heavy atom. The third-order valence-corrected chi connectivity index (χ3v) is 3.77. The number of aryl methyl sites for hydroxylation is 1. The SMILES string of the molecule is CNc1ccc(Cl)c(COc2cnc3n[nH]c(C)c3c2)c1F. The van der Waals surface area contributed by atoms with Crippen LogP contribution in [0.25, 0.3) is 11.0 Å². The lowest BCUT2D eigenvalue weighted by Gasteiger charge is -2.11. The molecule has 0 radical (unpaired) electrons. The summed E-state index contributed by atoms with van der Waals surface area (Å²) in [5.41, 5.74) is 2.19. The zero-order valence-corrected chi connectivity index (χ0v) is 12.8. The zero-order valence-electron chi connectivity index (χ0n) is 12.1. The van der Waals surface area contributed by atoms with Crippen molar-refractivity contribution in [1.29, 1.82) is 0 Å². The maximum Gasteiger partial charge on any atom is 0.181 e. The van der Waals surface area contributed by atoms with Crippen molar-refractivity contribution in [1.82, 2.24) is 15.2 Å². The van der Waals surface area contributed by atoms with Crippen LogP contribution in [0.4, 0.5) is 10.1 Å². The molecule has 0 atom stereocenters. The van der Waals surface area contributed by atoms with Crippen LogP contribution in [0.15, 0.2) is 24.4 Å². The number of hydrogen-bond donors (Lipinski definition) is 2. The van der Waals surface area contributed by atoms with Crippen molar-refractivity contribution in [3.63, 3.8) is 0 Å². The van der Waals surface area contributed by atoms with Gasteiger partial charge in [-0.25, -0.2) is 9.37 Å². The summed E-state index contributed by atoms with van der Waals surface area (Å²) in [4.78, 5) is 4.19. The lowest BCUT2D eigenvalue weighted by Crippen LogP contribution is -2.03. The highest BCUT2D eigenvalue weighted by atomic mass is 35.5. The molecule has 0 unspecified atom stereocenters. The monoisotopic (exact) mass is 320 g/mol. The molecule has 1 aromatic carbocycles. The van der Waals surface area contributed by atoms with Gasteiger partial charge in [0.15, 0.2) is 11.5 Å². The van der Waals surface area contributed by atoms with E-state index in [1.165, 1.54) is 0 Å². The van der Waals surface area contributed by atoms with Gasteiger partial charge in [0, 0.05) is 23.7 Å². The molecule has 2 aromatic heterocycles. The zero-order chi connectivity index (χ0) is 15.7. The molecule has 2 heterocycles. The van der Waals surface area contributed by atoms with E-state index in [-0.39, 0.29) is 6.61 Å². The minimum atomic E-state index is -0.413. The number of nitrogens with one attached hydrogen (secondary N) is 2. The first-order chi connectivity index (χ1) is 10.6. The molecule has 0 aliphatic heterocycles. The summed E-state index contributed by atoms with van der Waals surface area (Å²) in [7, 11) is 1.65. The average Bonchev–Trinajstić information content (AvgIpc) is 2.88. The fraction of sp³-hybridized carbons (Fsp3) is 0.200. The Hall–Kier alpha value is -2.34. The van der Waals surface area contributed by atoms with Gasteiger partial charge in [-0.2, -0.15) is 5.10 Å². The van der Waals surface area contributed by atoms with Crippen LogP contribution in [-0.4, -0.2) is 22.2 Å². The van der Waals surface area contributed by atoms with Gasteiger partial charge in [0.2, 0.25) is 0 Å². The van der Waals surface area contributed by atoms with Crippen molar-refractivity contribution >= 4 is 28.3 Å². The highest BCUT2D eigenvalue weighted by Gasteiger charge is 2.13. The van der Waals surface area contributed by atoms with Crippen LogP contribution in [0.2, 0.25) is 5.02 Å². The molecule has 22 heavy (non-hydrogen) atoms. The fourth-order valence-corrected chi connectivity index (χ4v) is 2.36. The second-order valence-corrected chi connectivity index (χ2v) is 5.22. The molecule has 0 aliphatic rings. The summed E-state index contributed by atoms with van der Waals surface area (Å²) in [6, 6.07) is 5.04. The minimum Gasteiger partial charge on any atom is -0.487 e. The third kappa shape index (κ3) is 2.57. The summed E-state index contributed by atoms with van der Waals surface area (Å²) < 4.78 is 19.9. The molecular formula is C15H14ClFN4O. The highest BCUT2D eigenvalue weighted by Crippen LogP contribution is 2.27. The van der Waals surface area contributed by atoms with Crippen LogP contribution in [-0.2, 0) is 6.61 Å². The normalized spacial score (nSPS) is 10.9. The molecule has 0 bridgehead atoms. The van der Waals surface area contributed by atoms with E-state index in [1.54, 1.807) is 25.4 Å². The molecule has 0 saturated heterocycles. The van der Waals surface area contributed by atoms with Gasteiger partial charge >= 0.3 is 0 Å². The third-order valence-electron chi connectivity index (χ3n) is 3.41. The molecule has 0 saturated carbocycles. The number of H-pyrrole nitrogens is 1. The molecule has 2 N–H and O–H groups in total. The van der Waals surface area contributed by atoms with Gasteiger partial charge in [-0.05, 0) is 25.1 Å². The fourth-order valence-electron chi connectivity index (χ4n) is 2.16. The average molecular weight is 321 g/mol. The predicted octanol–water partition coefficient (Wildman–Crippen LogP) is 3.68. The standard InChI is InChI=1S/C15H14ClFN4O/c1-8-10-5-9(6-19-15(10)21-20-8)22-7-11-12(16)3-4-13(18-2)14(11)17/h3-6,18H,7H2,1-2H3,(H,19,20,21). The molecule has 3 aromatic rings. The van der Waals surface area contributed by atoms with E-state index in [0.717, 1.165) is 11.1 Å². The molecular weight excluding hydrogens is 307 g/mol. The van der Waals surface area contributed by atoms with E-state index in [0.29, 0.717) is 27.7 Å². The minimum absolute atomic E-state index is 0.0181. The Morgan fingerprint density at radius 1 is 1.41 bits per heavy atom.